The number of hydrogen-bond donors (Lipinski definition) is 2. The molecule has 2 N–H and O–H groups in total. The van der Waals surface area contributed by atoms with Gasteiger partial charge in [-0.2, -0.15) is 0 Å². The lowest BCUT2D eigenvalue weighted by Crippen LogP contribution is -2.42. The molecule has 1 atom stereocenters. The zero-order valence-corrected chi connectivity index (χ0v) is 13.8. The van der Waals surface area contributed by atoms with Crippen LogP contribution in [0.3, 0.4) is 0 Å². The topological polar surface area (TPSA) is 101 Å². The summed E-state index contributed by atoms with van der Waals surface area (Å²) in [6.45, 7) is 0. The molecular weight excluding hydrogens is 330 g/mol. The highest BCUT2D eigenvalue weighted by molar-refractivity contribution is 7.90. The van der Waals surface area contributed by atoms with Gasteiger partial charge in [0, 0.05) is 18.2 Å². The highest BCUT2D eigenvalue weighted by Gasteiger charge is 2.21. The quantitative estimate of drug-likeness (QED) is 0.825. The molecule has 0 unspecified atom stereocenters. The number of sulfone groups is 1. The van der Waals surface area contributed by atoms with Crippen molar-refractivity contribution >= 4 is 21.7 Å². The standard InChI is InChI=1S/C17H17NO5S/c1-24(22,23)14-9-5-8-13(11-14)16(19)18-15(17(20)21)10-12-6-3-2-4-7-12/h2-9,11,15H,10H2,1H3,(H,18,19)(H,20,21)/t15-/m0/s1. The molecule has 0 aliphatic heterocycles. The number of amides is 1. The summed E-state index contributed by atoms with van der Waals surface area (Å²) < 4.78 is 23.1. The zero-order chi connectivity index (χ0) is 17.7. The number of benzene rings is 2. The van der Waals surface area contributed by atoms with E-state index in [4.69, 9.17) is 0 Å². The van der Waals surface area contributed by atoms with Gasteiger partial charge in [-0.3, -0.25) is 4.79 Å². The van der Waals surface area contributed by atoms with E-state index in [1.807, 2.05) is 6.07 Å². The maximum absolute atomic E-state index is 12.3. The van der Waals surface area contributed by atoms with E-state index in [1.54, 1.807) is 24.3 Å². The van der Waals surface area contributed by atoms with Crippen molar-refractivity contribution in [2.75, 3.05) is 6.26 Å². The summed E-state index contributed by atoms with van der Waals surface area (Å²) in [5.41, 5.74) is 0.868. The lowest BCUT2D eigenvalue weighted by atomic mass is 10.1. The maximum Gasteiger partial charge on any atom is 0.326 e. The summed E-state index contributed by atoms with van der Waals surface area (Å²) in [5, 5.41) is 11.7. The Morgan fingerprint density at radius 3 is 2.33 bits per heavy atom. The molecule has 2 aromatic carbocycles. The first-order chi connectivity index (χ1) is 11.3. The number of carbonyl (C=O) groups is 2. The molecule has 0 fully saturated rings. The molecule has 24 heavy (non-hydrogen) atoms. The van der Waals surface area contributed by atoms with Crippen LogP contribution in [0.2, 0.25) is 0 Å². The third-order valence-electron chi connectivity index (χ3n) is 3.41. The minimum atomic E-state index is -3.45. The Kier molecular flexibility index (Phi) is 5.35. The van der Waals surface area contributed by atoms with Gasteiger partial charge < -0.3 is 10.4 Å². The van der Waals surface area contributed by atoms with Crippen molar-refractivity contribution in [3.8, 4) is 0 Å². The summed E-state index contributed by atoms with van der Waals surface area (Å²) in [4.78, 5) is 23.7. The minimum absolute atomic E-state index is 0.00471. The van der Waals surface area contributed by atoms with Gasteiger partial charge in [-0.25, -0.2) is 13.2 Å². The predicted molar refractivity (Wildman–Crippen MR) is 88.6 cm³/mol. The smallest absolute Gasteiger partial charge is 0.326 e. The molecule has 0 heterocycles. The van der Waals surface area contributed by atoms with Crippen LogP contribution in [0.1, 0.15) is 15.9 Å². The third kappa shape index (κ3) is 4.66. The molecule has 2 aromatic rings. The van der Waals surface area contributed by atoms with Crippen molar-refractivity contribution in [2.24, 2.45) is 0 Å². The highest BCUT2D eigenvalue weighted by atomic mass is 32.2. The van der Waals surface area contributed by atoms with E-state index < -0.39 is 27.8 Å². The van der Waals surface area contributed by atoms with E-state index in [9.17, 15) is 23.1 Å². The van der Waals surface area contributed by atoms with Crippen molar-refractivity contribution in [1.29, 1.82) is 0 Å². The largest absolute Gasteiger partial charge is 0.480 e. The second-order valence-corrected chi connectivity index (χ2v) is 7.37. The normalized spacial score (nSPS) is 12.4. The Morgan fingerprint density at radius 1 is 1.08 bits per heavy atom. The van der Waals surface area contributed by atoms with Gasteiger partial charge in [0.25, 0.3) is 5.91 Å². The van der Waals surface area contributed by atoms with Crippen LogP contribution in [0, 0.1) is 0 Å². The van der Waals surface area contributed by atoms with Crippen LogP contribution in [0.5, 0.6) is 0 Å². The summed E-state index contributed by atoms with van der Waals surface area (Å²) >= 11 is 0. The Balaban J connectivity index is 2.18. The monoisotopic (exact) mass is 347 g/mol. The molecule has 0 radical (unpaired) electrons. The fourth-order valence-electron chi connectivity index (χ4n) is 2.16. The fourth-order valence-corrected chi connectivity index (χ4v) is 2.83. The van der Waals surface area contributed by atoms with Crippen LogP contribution in [0.4, 0.5) is 0 Å². The molecule has 1 amide bonds. The number of hydrogen-bond acceptors (Lipinski definition) is 4. The van der Waals surface area contributed by atoms with Crippen molar-refractivity contribution < 1.29 is 23.1 Å². The van der Waals surface area contributed by atoms with Crippen LogP contribution in [0.15, 0.2) is 59.5 Å². The van der Waals surface area contributed by atoms with Gasteiger partial charge in [0.15, 0.2) is 9.84 Å². The lowest BCUT2D eigenvalue weighted by Gasteiger charge is -2.15. The minimum Gasteiger partial charge on any atom is -0.480 e. The Morgan fingerprint density at radius 2 is 1.75 bits per heavy atom. The summed E-state index contributed by atoms with van der Waals surface area (Å²) in [5.74, 6) is -1.80. The van der Waals surface area contributed by atoms with Crippen molar-refractivity contribution in [1.82, 2.24) is 5.32 Å². The molecule has 7 heteroatoms. The molecule has 2 rings (SSSR count). The van der Waals surface area contributed by atoms with Gasteiger partial charge in [-0.05, 0) is 23.8 Å². The van der Waals surface area contributed by atoms with E-state index in [0.717, 1.165) is 11.8 Å². The molecule has 0 bridgehead atoms. The van der Waals surface area contributed by atoms with Gasteiger partial charge in [0.1, 0.15) is 6.04 Å². The second kappa shape index (κ2) is 7.27. The average molecular weight is 347 g/mol. The van der Waals surface area contributed by atoms with Gasteiger partial charge >= 0.3 is 5.97 Å². The number of carboxylic acid groups (broad SMARTS) is 1. The number of nitrogens with one attached hydrogen (secondary N) is 1. The van der Waals surface area contributed by atoms with Crippen LogP contribution < -0.4 is 5.32 Å². The lowest BCUT2D eigenvalue weighted by molar-refractivity contribution is -0.139. The maximum atomic E-state index is 12.3. The van der Waals surface area contributed by atoms with E-state index in [0.29, 0.717) is 0 Å². The van der Waals surface area contributed by atoms with Gasteiger partial charge in [0.2, 0.25) is 0 Å². The van der Waals surface area contributed by atoms with E-state index in [-0.39, 0.29) is 16.9 Å². The third-order valence-corrected chi connectivity index (χ3v) is 4.52. The fraction of sp³-hybridized carbons (Fsp3) is 0.176. The number of aliphatic carboxylic acids is 1. The SMILES string of the molecule is CS(=O)(=O)c1cccc(C(=O)N[C@@H](Cc2ccccc2)C(=O)O)c1. The Bertz CT molecular complexity index is 846. The summed E-state index contributed by atoms with van der Waals surface area (Å²) in [6.07, 6.45) is 1.17. The van der Waals surface area contributed by atoms with Crippen LogP contribution in [0.25, 0.3) is 0 Å². The van der Waals surface area contributed by atoms with Crippen LogP contribution >= 0.6 is 0 Å². The van der Waals surface area contributed by atoms with Crippen molar-refractivity contribution in [2.45, 2.75) is 17.4 Å². The molecule has 0 saturated heterocycles. The van der Waals surface area contributed by atoms with Crippen molar-refractivity contribution in [3.63, 3.8) is 0 Å². The van der Waals surface area contributed by atoms with E-state index in [2.05, 4.69) is 5.32 Å². The molecule has 0 aliphatic carbocycles. The summed E-state index contributed by atoms with van der Waals surface area (Å²) in [6, 6.07) is 13.3. The number of carbonyl (C=O) groups excluding carboxylic acids is 1. The van der Waals surface area contributed by atoms with Crippen molar-refractivity contribution in [3.05, 3.63) is 65.7 Å². The molecule has 0 saturated carbocycles. The summed E-state index contributed by atoms with van der Waals surface area (Å²) in [7, 11) is -3.45. The molecular formula is C17H17NO5S. The number of rotatable bonds is 6. The molecule has 126 valence electrons. The molecule has 0 spiro atoms. The van der Waals surface area contributed by atoms with E-state index >= 15 is 0 Å². The first-order valence-electron chi connectivity index (χ1n) is 7.15. The first-order valence-corrected chi connectivity index (χ1v) is 9.04. The van der Waals surface area contributed by atoms with Crippen LogP contribution in [-0.4, -0.2) is 37.7 Å². The first kappa shape index (κ1) is 17.7. The molecule has 6 nitrogen and oxygen atoms in total. The molecule has 0 aliphatic rings. The van der Waals surface area contributed by atoms with E-state index in [1.165, 1.54) is 24.3 Å². The second-order valence-electron chi connectivity index (χ2n) is 5.35. The zero-order valence-electron chi connectivity index (χ0n) is 13.0. The predicted octanol–water partition coefficient (Wildman–Crippen LogP) is 1.52. The Labute approximate surface area is 140 Å². The van der Waals surface area contributed by atoms with Gasteiger partial charge in [-0.1, -0.05) is 36.4 Å². The van der Waals surface area contributed by atoms with Crippen LogP contribution in [-0.2, 0) is 21.1 Å². The number of carboxylic acids is 1. The molecule has 0 aromatic heterocycles. The Hall–Kier alpha value is -2.67. The van der Waals surface area contributed by atoms with Gasteiger partial charge in [0.05, 0.1) is 4.90 Å². The van der Waals surface area contributed by atoms with Gasteiger partial charge in [-0.15, -0.1) is 0 Å². The average Bonchev–Trinajstić information content (AvgIpc) is 2.54. The highest BCUT2D eigenvalue weighted by Crippen LogP contribution is 2.12.